The molecular weight excluding hydrogens is 911 g/mol. The molecule has 0 aliphatic heterocycles. The molecular formula is C70H43N5. The zero-order chi connectivity index (χ0) is 49.2. The van der Waals surface area contributed by atoms with Crippen molar-refractivity contribution in [3.05, 3.63) is 283 Å². The number of aromatic nitrogens is 5. The van der Waals surface area contributed by atoms with Crippen LogP contribution >= 0.6 is 0 Å². The smallest absolute Gasteiger partial charge is 0.166 e. The molecule has 1 spiro atoms. The summed E-state index contributed by atoms with van der Waals surface area (Å²) in [5.74, 6) is 1.79. The van der Waals surface area contributed by atoms with E-state index in [-0.39, 0.29) is 0 Å². The van der Waals surface area contributed by atoms with Crippen molar-refractivity contribution < 1.29 is 0 Å². The lowest BCUT2D eigenvalue weighted by atomic mass is 9.70. The van der Waals surface area contributed by atoms with Gasteiger partial charge in [0, 0.05) is 49.5 Å². The molecule has 0 bridgehead atoms. The Morgan fingerprint density at radius 1 is 0.280 bits per heavy atom. The van der Waals surface area contributed by atoms with Crippen LogP contribution in [0.25, 0.3) is 123 Å². The van der Waals surface area contributed by atoms with Gasteiger partial charge in [-0.05, 0) is 92.5 Å². The fourth-order valence-corrected chi connectivity index (χ4v) is 12.9. The number of hydrogen-bond donors (Lipinski definition) is 0. The minimum Gasteiger partial charge on any atom is -0.309 e. The summed E-state index contributed by atoms with van der Waals surface area (Å²) in [5.41, 5.74) is 21.4. The monoisotopic (exact) mass is 953 g/mol. The molecule has 0 saturated carbocycles. The van der Waals surface area contributed by atoms with Gasteiger partial charge in [0.15, 0.2) is 17.5 Å². The van der Waals surface area contributed by atoms with Gasteiger partial charge in [-0.15, -0.1) is 0 Å². The summed E-state index contributed by atoms with van der Waals surface area (Å²) >= 11 is 0. The maximum absolute atomic E-state index is 5.51. The van der Waals surface area contributed by atoms with Gasteiger partial charge >= 0.3 is 0 Å². The highest BCUT2D eigenvalue weighted by Crippen LogP contribution is 2.64. The molecule has 2 aliphatic carbocycles. The average molecular weight is 954 g/mol. The molecule has 14 aromatic rings. The summed E-state index contributed by atoms with van der Waals surface area (Å²) in [6.45, 7) is 0. The fraction of sp³-hybridized carbons (Fsp3) is 0.0143. The van der Waals surface area contributed by atoms with E-state index in [4.69, 9.17) is 15.0 Å². The molecule has 2 aliphatic rings. The first-order valence-electron chi connectivity index (χ1n) is 25.7. The van der Waals surface area contributed by atoms with Gasteiger partial charge in [0.25, 0.3) is 0 Å². The zero-order valence-corrected chi connectivity index (χ0v) is 40.6. The van der Waals surface area contributed by atoms with Gasteiger partial charge in [-0.2, -0.15) is 0 Å². The second-order valence-electron chi connectivity index (χ2n) is 19.8. The van der Waals surface area contributed by atoms with E-state index in [1.165, 1.54) is 66.1 Å². The lowest BCUT2D eigenvalue weighted by molar-refractivity contribution is 0.794. The van der Waals surface area contributed by atoms with Gasteiger partial charge in [0.05, 0.1) is 33.2 Å². The summed E-state index contributed by atoms with van der Waals surface area (Å²) < 4.78 is 4.84. The first kappa shape index (κ1) is 41.6. The molecule has 5 nitrogen and oxygen atoms in total. The topological polar surface area (TPSA) is 48.5 Å². The van der Waals surface area contributed by atoms with E-state index in [2.05, 4.69) is 270 Å². The summed E-state index contributed by atoms with van der Waals surface area (Å²) in [7, 11) is 0. The van der Waals surface area contributed by atoms with Gasteiger partial charge in [0.2, 0.25) is 0 Å². The van der Waals surface area contributed by atoms with E-state index in [1.807, 2.05) is 0 Å². The normalized spacial score (nSPS) is 12.9. The molecule has 3 aromatic heterocycles. The molecule has 348 valence electrons. The van der Waals surface area contributed by atoms with E-state index in [0.29, 0.717) is 17.5 Å². The Bertz CT molecular complexity index is 4560. The van der Waals surface area contributed by atoms with E-state index in [9.17, 15) is 0 Å². The van der Waals surface area contributed by atoms with Crippen LogP contribution in [0.3, 0.4) is 0 Å². The van der Waals surface area contributed by atoms with E-state index in [0.717, 1.165) is 61.3 Å². The molecule has 5 heteroatoms. The summed E-state index contributed by atoms with van der Waals surface area (Å²) in [4.78, 5) is 16.3. The Labute approximate surface area is 433 Å². The quantitative estimate of drug-likeness (QED) is 0.167. The maximum atomic E-state index is 5.51. The van der Waals surface area contributed by atoms with Crippen LogP contribution in [0, 0.1) is 0 Å². The van der Waals surface area contributed by atoms with E-state index in [1.54, 1.807) is 0 Å². The number of nitrogens with zero attached hydrogens (tertiary/aromatic N) is 5. The third-order valence-electron chi connectivity index (χ3n) is 16.0. The minimum atomic E-state index is -0.490. The second-order valence-corrected chi connectivity index (χ2v) is 19.8. The van der Waals surface area contributed by atoms with Crippen LogP contribution in [0.4, 0.5) is 0 Å². The third-order valence-corrected chi connectivity index (χ3v) is 16.0. The molecule has 16 rings (SSSR count). The Hall–Kier alpha value is -9.97. The molecule has 75 heavy (non-hydrogen) atoms. The van der Waals surface area contributed by atoms with Crippen LogP contribution in [-0.2, 0) is 5.41 Å². The third kappa shape index (κ3) is 5.92. The van der Waals surface area contributed by atoms with Gasteiger partial charge in [-0.25, -0.2) is 15.0 Å². The van der Waals surface area contributed by atoms with Crippen molar-refractivity contribution in [1.29, 1.82) is 0 Å². The average Bonchev–Trinajstić information content (AvgIpc) is 4.30. The molecule has 0 atom stereocenters. The van der Waals surface area contributed by atoms with Crippen LogP contribution in [0.15, 0.2) is 261 Å². The Morgan fingerprint density at radius 3 is 1.41 bits per heavy atom. The molecule has 0 unspecified atom stereocenters. The van der Waals surface area contributed by atoms with Crippen LogP contribution in [0.5, 0.6) is 0 Å². The lowest BCUT2D eigenvalue weighted by Gasteiger charge is -2.30. The maximum Gasteiger partial charge on any atom is 0.166 e. The van der Waals surface area contributed by atoms with E-state index < -0.39 is 5.41 Å². The Balaban J connectivity index is 0.944. The molecule has 11 aromatic carbocycles. The standard InChI is InChI=1S/C70H43N5/c1-2-19-44(20-3-1)45-37-39-46(40-38-45)67-71-68(47-21-18-22-48(43-47)74-61-33-14-7-25-51(61)52-26-8-15-34-62(52)74)73-69(72-67)56-29-10-17-36-64(56)75-63-35-16-9-27-53(63)54-41-42-60-65(66(54)75)55-28-6-13-32-59(55)70(60)57-30-11-4-23-49(57)50-24-5-12-31-58(50)70/h1-43H. The van der Waals surface area contributed by atoms with Crippen molar-refractivity contribution in [2.24, 2.45) is 0 Å². The predicted molar refractivity (Wildman–Crippen MR) is 307 cm³/mol. The molecule has 0 saturated heterocycles. The SMILES string of the molecule is c1ccc(-c2ccc(-c3nc(-c4cccc(-n5c6ccccc6c6ccccc65)c4)nc(-c4ccccc4-n4c5ccccc5c5ccc6c(c54)-c4ccccc4C64c5ccccc5-c5ccccc54)n3)cc2)cc1. The van der Waals surface area contributed by atoms with Crippen molar-refractivity contribution in [3.63, 3.8) is 0 Å². The Morgan fingerprint density at radius 2 is 0.747 bits per heavy atom. The van der Waals surface area contributed by atoms with Crippen molar-refractivity contribution in [3.8, 4) is 78.9 Å². The van der Waals surface area contributed by atoms with E-state index >= 15 is 0 Å². The highest BCUT2D eigenvalue weighted by Gasteiger charge is 2.52. The summed E-state index contributed by atoms with van der Waals surface area (Å²) in [6.07, 6.45) is 0. The fourth-order valence-electron chi connectivity index (χ4n) is 12.9. The minimum absolute atomic E-state index is 0.490. The Kier molecular flexibility index (Phi) is 8.89. The number of fused-ring (bicyclic) bond motifs is 17. The first-order valence-corrected chi connectivity index (χ1v) is 25.7. The van der Waals surface area contributed by atoms with Crippen molar-refractivity contribution in [2.45, 2.75) is 5.41 Å². The molecule has 3 heterocycles. The molecule has 0 amide bonds. The number of para-hydroxylation sites is 4. The van der Waals surface area contributed by atoms with Crippen LogP contribution in [0.2, 0.25) is 0 Å². The van der Waals surface area contributed by atoms with Crippen LogP contribution in [0.1, 0.15) is 22.3 Å². The van der Waals surface area contributed by atoms with Crippen molar-refractivity contribution >= 4 is 43.6 Å². The number of rotatable bonds is 6. The van der Waals surface area contributed by atoms with Crippen molar-refractivity contribution in [2.75, 3.05) is 0 Å². The second kappa shape index (κ2) is 16.0. The van der Waals surface area contributed by atoms with Gasteiger partial charge in [0.1, 0.15) is 0 Å². The summed E-state index contributed by atoms with van der Waals surface area (Å²) in [5, 5.41) is 4.81. The zero-order valence-electron chi connectivity index (χ0n) is 40.6. The highest BCUT2D eigenvalue weighted by molar-refractivity contribution is 6.17. The first-order chi connectivity index (χ1) is 37.2. The van der Waals surface area contributed by atoms with Crippen LogP contribution < -0.4 is 0 Å². The van der Waals surface area contributed by atoms with Crippen LogP contribution in [-0.4, -0.2) is 24.1 Å². The van der Waals surface area contributed by atoms with Gasteiger partial charge in [-0.1, -0.05) is 218 Å². The van der Waals surface area contributed by atoms with Crippen molar-refractivity contribution in [1.82, 2.24) is 24.1 Å². The summed E-state index contributed by atoms with van der Waals surface area (Å²) in [6, 6.07) is 94.4. The molecule has 0 radical (unpaired) electrons. The molecule has 0 fully saturated rings. The molecule has 0 N–H and O–H groups in total. The van der Waals surface area contributed by atoms with Gasteiger partial charge in [-0.3, -0.25) is 0 Å². The highest BCUT2D eigenvalue weighted by atomic mass is 15.1. The number of hydrogen-bond acceptors (Lipinski definition) is 3. The number of benzene rings is 11. The van der Waals surface area contributed by atoms with Gasteiger partial charge < -0.3 is 9.13 Å². The predicted octanol–water partition coefficient (Wildman–Crippen LogP) is 17.1. The largest absolute Gasteiger partial charge is 0.309 e. The lowest BCUT2D eigenvalue weighted by Crippen LogP contribution is -2.25.